The minimum atomic E-state index is -0.306. The summed E-state index contributed by atoms with van der Waals surface area (Å²) in [4.78, 5) is 26.4. The Morgan fingerprint density at radius 1 is 1.18 bits per heavy atom. The van der Waals surface area contributed by atoms with E-state index in [-0.39, 0.29) is 24.7 Å². The van der Waals surface area contributed by atoms with Crippen LogP contribution in [0.2, 0.25) is 0 Å². The molecule has 4 heteroatoms. The van der Waals surface area contributed by atoms with Crippen molar-refractivity contribution in [2.45, 2.75) is 26.7 Å². The molecule has 0 aliphatic carbocycles. The Labute approximate surface area is 66.1 Å². The van der Waals surface area contributed by atoms with Crippen LogP contribution in [-0.2, 0) is 14.4 Å². The van der Waals surface area contributed by atoms with Crippen molar-refractivity contribution in [2.24, 2.45) is 0 Å². The van der Waals surface area contributed by atoms with Crippen molar-refractivity contribution in [3.05, 3.63) is 0 Å². The monoisotopic (exact) mass is 159 g/mol. The van der Waals surface area contributed by atoms with E-state index in [9.17, 15) is 9.59 Å². The van der Waals surface area contributed by atoms with Crippen LogP contribution in [-0.4, -0.2) is 24.0 Å². The first kappa shape index (κ1) is 10.1. The topological polar surface area (TPSA) is 46.6 Å². The Morgan fingerprint density at radius 2 is 1.55 bits per heavy atom. The van der Waals surface area contributed by atoms with Gasteiger partial charge in [-0.1, -0.05) is 13.8 Å². The summed E-state index contributed by atoms with van der Waals surface area (Å²) in [5.41, 5.74) is 0. The second-order valence-electron chi connectivity index (χ2n) is 1.97. The Morgan fingerprint density at radius 3 is 1.73 bits per heavy atom. The normalized spacial score (nSPS) is 9.36. The molecule has 64 valence electrons. The summed E-state index contributed by atoms with van der Waals surface area (Å²) in [6.45, 7) is 3.36. The Hall–Kier alpha value is -0.900. The zero-order chi connectivity index (χ0) is 8.85. The van der Waals surface area contributed by atoms with E-state index in [0.717, 1.165) is 5.06 Å². The lowest BCUT2D eigenvalue weighted by atomic mass is 10.4. The van der Waals surface area contributed by atoms with Gasteiger partial charge >= 0.3 is 0 Å². The molecule has 0 aromatic carbocycles. The SMILES string of the molecule is CCC(=O)N(OC)C(=O)CC. The summed E-state index contributed by atoms with van der Waals surface area (Å²) in [6.07, 6.45) is 0.555. The van der Waals surface area contributed by atoms with E-state index in [4.69, 9.17) is 0 Å². The maximum atomic E-state index is 10.9. The molecule has 0 aliphatic heterocycles. The number of nitrogens with zero attached hydrogens (tertiary/aromatic N) is 1. The van der Waals surface area contributed by atoms with Gasteiger partial charge in [0, 0.05) is 12.8 Å². The zero-order valence-corrected chi connectivity index (χ0v) is 7.09. The number of carbonyl (C=O) groups is 2. The van der Waals surface area contributed by atoms with E-state index in [0.29, 0.717) is 0 Å². The van der Waals surface area contributed by atoms with Gasteiger partial charge in [0.05, 0.1) is 7.11 Å². The number of amides is 2. The highest BCUT2D eigenvalue weighted by molar-refractivity contribution is 5.93. The number of hydrogen-bond acceptors (Lipinski definition) is 3. The molecule has 0 fully saturated rings. The summed E-state index contributed by atoms with van der Waals surface area (Å²) in [6, 6.07) is 0. The predicted octanol–water partition coefficient (Wildman–Crippen LogP) is 0.723. The average Bonchev–Trinajstić information content (AvgIpc) is 2.05. The van der Waals surface area contributed by atoms with Crippen LogP contribution >= 0.6 is 0 Å². The van der Waals surface area contributed by atoms with E-state index in [2.05, 4.69) is 4.84 Å². The smallest absolute Gasteiger partial charge is 0.253 e. The van der Waals surface area contributed by atoms with E-state index in [1.807, 2.05) is 0 Å². The third-order valence-corrected chi connectivity index (χ3v) is 1.24. The first-order chi connectivity index (χ1) is 5.17. The molecular formula is C7H13NO3. The molecule has 0 aromatic rings. The molecular weight excluding hydrogens is 146 g/mol. The third-order valence-electron chi connectivity index (χ3n) is 1.24. The lowest BCUT2D eigenvalue weighted by Crippen LogP contribution is -2.34. The van der Waals surface area contributed by atoms with Crippen LogP contribution in [0, 0.1) is 0 Å². The Bertz CT molecular complexity index is 140. The van der Waals surface area contributed by atoms with Crippen molar-refractivity contribution in [1.29, 1.82) is 0 Å². The molecule has 0 rings (SSSR count). The molecule has 0 aliphatic rings. The van der Waals surface area contributed by atoms with Crippen LogP contribution in [0.25, 0.3) is 0 Å². The van der Waals surface area contributed by atoms with E-state index in [1.165, 1.54) is 7.11 Å². The number of carbonyl (C=O) groups excluding carboxylic acids is 2. The van der Waals surface area contributed by atoms with Crippen molar-refractivity contribution in [1.82, 2.24) is 5.06 Å². The van der Waals surface area contributed by atoms with Crippen LogP contribution in [0.5, 0.6) is 0 Å². The van der Waals surface area contributed by atoms with Gasteiger partial charge in [0.25, 0.3) is 11.8 Å². The maximum Gasteiger partial charge on any atom is 0.253 e. The molecule has 0 bridgehead atoms. The van der Waals surface area contributed by atoms with Crippen molar-refractivity contribution >= 4 is 11.8 Å². The fraction of sp³-hybridized carbons (Fsp3) is 0.714. The van der Waals surface area contributed by atoms with Crippen molar-refractivity contribution in [2.75, 3.05) is 7.11 Å². The van der Waals surface area contributed by atoms with Gasteiger partial charge < -0.3 is 0 Å². The Kier molecular flexibility index (Phi) is 4.45. The largest absolute Gasteiger partial charge is 0.272 e. The average molecular weight is 159 g/mol. The summed E-state index contributed by atoms with van der Waals surface area (Å²) < 4.78 is 0. The van der Waals surface area contributed by atoms with Crippen molar-refractivity contribution in [3.8, 4) is 0 Å². The van der Waals surface area contributed by atoms with Gasteiger partial charge in [-0.05, 0) is 0 Å². The lowest BCUT2D eigenvalue weighted by molar-refractivity contribution is -0.186. The molecule has 4 nitrogen and oxygen atoms in total. The van der Waals surface area contributed by atoms with Crippen LogP contribution in [0.1, 0.15) is 26.7 Å². The summed E-state index contributed by atoms with van der Waals surface area (Å²) in [7, 11) is 1.31. The van der Waals surface area contributed by atoms with Gasteiger partial charge in [-0.2, -0.15) is 5.06 Å². The maximum absolute atomic E-state index is 10.9. The minimum absolute atomic E-state index is 0.277. The van der Waals surface area contributed by atoms with Gasteiger partial charge in [-0.25, -0.2) is 0 Å². The molecule has 0 aromatic heterocycles. The highest BCUT2D eigenvalue weighted by Crippen LogP contribution is 1.97. The molecule has 0 N–H and O–H groups in total. The molecule has 0 radical (unpaired) electrons. The highest BCUT2D eigenvalue weighted by atomic mass is 16.7. The standard InChI is InChI=1S/C7H13NO3/c1-4-6(9)8(11-3)7(10)5-2/h4-5H2,1-3H3. The van der Waals surface area contributed by atoms with Crippen molar-refractivity contribution < 1.29 is 14.4 Å². The fourth-order valence-electron chi connectivity index (χ4n) is 0.630. The van der Waals surface area contributed by atoms with Gasteiger partial charge in [-0.3, -0.25) is 14.4 Å². The van der Waals surface area contributed by atoms with E-state index < -0.39 is 0 Å². The second kappa shape index (κ2) is 4.85. The zero-order valence-electron chi connectivity index (χ0n) is 7.09. The molecule has 0 heterocycles. The van der Waals surface area contributed by atoms with Gasteiger partial charge in [0.2, 0.25) is 0 Å². The van der Waals surface area contributed by atoms with Crippen LogP contribution in [0.4, 0.5) is 0 Å². The molecule has 0 saturated carbocycles. The summed E-state index contributed by atoms with van der Waals surface area (Å²) >= 11 is 0. The molecule has 0 spiro atoms. The molecule has 11 heavy (non-hydrogen) atoms. The molecule has 2 amide bonds. The van der Waals surface area contributed by atoms with Crippen LogP contribution < -0.4 is 0 Å². The number of imide groups is 1. The van der Waals surface area contributed by atoms with Crippen molar-refractivity contribution in [3.63, 3.8) is 0 Å². The lowest BCUT2D eigenvalue weighted by Gasteiger charge is -2.15. The summed E-state index contributed by atoms with van der Waals surface area (Å²) in [5, 5.41) is 0.792. The Balaban J connectivity index is 4.15. The minimum Gasteiger partial charge on any atom is -0.272 e. The first-order valence-corrected chi connectivity index (χ1v) is 3.57. The first-order valence-electron chi connectivity index (χ1n) is 3.57. The van der Waals surface area contributed by atoms with Gasteiger partial charge in [-0.15, -0.1) is 0 Å². The molecule has 0 unspecified atom stereocenters. The summed E-state index contributed by atoms with van der Waals surface area (Å²) in [5.74, 6) is -0.612. The van der Waals surface area contributed by atoms with Gasteiger partial charge in [0.1, 0.15) is 0 Å². The van der Waals surface area contributed by atoms with Gasteiger partial charge in [0.15, 0.2) is 0 Å². The molecule has 0 atom stereocenters. The van der Waals surface area contributed by atoms with E-state index in [1.54, 1.807) is 13.8 Å². The predicted molar refractivity (Wildman–Crippen MR) is 39.4 cm³/mol. The number of rotatable bonds is 3. The fourth-order valence-corrected chi connectivity index (χ4v) is 0.630. The second-order valence-corrected chi connectivity index (χ2v) is 1.97. The molecule has 0 saturated heterocycles. The van der Waals surface area contributed by atoms with Crippen LogP contribution in [0.3, 0.4) is 0 Å². The van der Waals surface area contributed by atoms with Crippen LogP contribution in [0.15, 0.2) is 0 Å². The third kappa shape index (κ3) is 2.67. The number of hydrogen-bond donors (Lipinski definition) is 0. The number of hydroxylamine groups is 2. The highest BCUT2D eigenvalue weighted by Gasteiger charge is 2.17. The van der Waals surface area contributed by atoms with E-state index >= 15 is 0 Å². The quantitative estimate of drug-likeness (QED) is 0.570.